The van der Waals surface area contributed by atoms with Gasteiger partial charge >= 0.3 is 11.5 Å². The Balaban J connectivity index is 2.30. The molecule has 0 saturated carbocycles. The Morgan fingerprint density at radius 1 is 1.15 bits per heavy atom. The molecule has 11 heteroatoms. The van der Waals surface area contributed by atoms with E-state index in [9.17, 15) is 19.7 Å². The first-order chi connectivity index (χ1) is 12.4. The molecule has 0 aliphatic heterocycles. The third-order valence-electron chi connectivity index (χ3n) is 4.02. The molecule has 138 valence electrons. The summed E-state index contributed by atoms with van der Waals surface area (Å²) in [6, 6.07) is 0. The molecule has 3 aromatic heterocycles. The van der Waals surface area contributed by atoms with Gasteiger partial charge in [0.15, 0.2) is 11.2 Å². The molecule has 26 heavy (non-hydrogen) atoms. The number of nitrogens with zero attached hydrogens (tertiary/aromatic N) is 6. The van der Waals surface area contributed by atoms with Crippen LogP contribution < -0.4 is 11.2 Å². The van der Waals surface area contributed by atoms with Crippen LogP contribution >= 0.6 is 0 Å². The first-order valence-corrected chi connectivity index (χ1v) is 8.30. The second-order valence-electron chi connectivity index (χ2n) is 5.97. The molecule has 0 unspecified atom stereocenters. The fourth-order valence-electron chi connectivity index (χ4n) is 2.88. The van der Waals surface area contributed by atoms with Gasteiger partial charge in [-0.15, -0.1) is 0 Å². The van der Waals surface area contributed by atoms with Crippen molar-refractivity contribution in [1.29, 1.82) is 0 Å². The fraction of sp³-hybridized carbons (Fsp3) is 0.467. The van der Waals surface area contributed by atoms with Crippen molar-refractivity contribution in [2.24, 2.45) is 7.05 Å². The predicted octanol–water partition coefficient (Wildman–Crippen LogP) is 1.01. The molecule has 0 bridgehead atoms. The van der Waals surface area contributed by atoms with Crippen molar-refractivity contribution in [3.8, 4) is 11.6 Å². The highest BCUT2D eigenvalue weighted by atomic mass is 16.6. The van der Waals surface area contributed by atoms with E-state index in [1.807, 2.05) is 13.8 Å². The zero-order chi connectivity index (χ0) is 19.0. The summed E-state index contributed by atoms with van der Waals surface area (Å²) in [5.74, 6) is 0.0911. The number of hydrogen-bond donors (Lipinski definition) is 1. The number of H-pyrrole nitrogens is 1. The molecule has 0 amide bonds. The molecule has 0 radical (unpaired) electrons. The van der Waals surface area contributed by atoms with Crippen LogP contribution in [0, 0.1) is 10.1 Å². The van der Waals surface area contributed by atoms with E-state index in [4.69, 9.17) is 0 Å². The van der Waals surface area contributed by atoms with Gasteiger partial charge in [0, 0.05) is 20.1 Å². The summed E-state index contributed by atoms with van der Waals surface area (Å²) in [5.41, 5.74) is -0.446. The van der Waals surface area contributed by atoms with Crippen LogP contribution in [0.25, 0.3) is 22.8 Å². The maximum absolute atomic E-state index is 12.7. The lowest BCUT2D eigenvalue weighted by Crippen LogP contribution is -2.40. The molecule has 0 aliphatic rings. The molecule has 11 nitrogen and oxygen atoms in total. The molecule has 3 rings (SSSR count). The molecule has 3 aromatic rings. The zero-order valence-electron chi connectivity index (χ0n) is 14.7. The van der Waals surface area contributed by atoms with E-state index in [0.717, 1.165) is 0 Å². The molecular formula is C15H19N7O4. The lowest BCUT2D eigenvalue weighted by molar-refractivity contribution is -0.389. The van der Waals surface area contributed by atoms with Crippen molar-refractivity contribution >= 4 is 17.0 Å². The molecule has 0 aromatic carbocycles. The zero-order valence-corrected chi connectivity index (χ0v) is 14.7. The van der Waals surface area contributed by atoms with E-state index < -0.39 is 16.2 Å². The number of fused-ring (bicyclic) bond motifs is 1. The lowest BCUT2D eigenvalue weighted by atomic mass is 10.4. The summed E-state index contributed by atoms with van der Waals surface area (Å²) < 4.78 is 4.08. The Hall–Kier alpha value is -3.24. The van der Waals surface area contributed by atoms with Gasteiger partial charge in [-0.3, -0.25) is 13.9 Å². The molecule has 0 spiro atoms. The summed E-state index contributed by atoms with van der Waals surface area (Å²) >= 11 is 0. The predicted molar refractivity (Wildman–Crippen MR) is 94.1 cm³/mol. The highest BCUT2D eigenvalue weighted by Crippen LogP contribution is 2.20. The minimum atomic E-state index is -0.604. The van der Waals surface area contributed by atoms with Crippen molar-refractivity contribution in [1.82, 2.24) is 28.7 Å². The van der Waals surface area contributed by atoms with Crippen LogP contribution in [0.1, 0.15) is 26.7 Å². The van der Waals surface area contributed by atoms with Crippen LogP contribution in [0.15, 0.2) is 15.8 Å². The smallest absolute Gasteiger partial charge is 0.358 e. The van der Waals surface area contributed by atoms with E-state index >= 15 is 0 Å². The van der Waals surface area contributed by atoms with Gasteiger partial charge in [0.05, 0.1) is 0 Å². The van der Waals surface area contributed by atoms with Crippen molar-refractivity contribution in [3.05, 3.63) is 37.1 Å². The van der Waals surface area contributed by atoms with Crippen molar-refractivity contribution in [3.63, 3.8) is 0 Å². The standard InChI is InChI=1S/C15H19N7O4/c1-4-6-20-12-10(14(23)21(7-5-2)15(20)24)17-11(18-12)13-16-9(22(25)26)8-19(13)3/h8H,4-7H2,1-3H3,(H,17,18). The first kappa shape index (κ1) is 17.6. The van der Waals surface area contributed by atoms with Crippen LogP contribution in [0.4, 0.5) is 5.82 Å². The average Bonchev–Trinajstić information content (AvgIpc) is 3.19. The van der Waals surface area contributed by atoms with E-state index in [1.54, 1.807) is 7.05 Å². The molecule has 3 heterocycles. The minimum absolute atomic E-state index is 0.187. The van der Waals surface area contributed by atoms with E-state index in [2.05, 4.69) is 15.0 Å². The Morgan fingerprint density at radius 2 is 1.81 bits per heavy atom. The quantitative estimate of drug-likeness (QED) is 0.514. The molecule has 0 aliphatic carbocycles. The fourth-order valence-corrected chi connectivity index (χ4v) is 2.88. The van der Waals surface area contributed by atoms with E-state index in [-0.39, 0.29) is 28.6 Å². The van der Waals surface area contributed by atoms with Crippen molar-refractivity contribution < 1.29 is 4.92 Å². The van der Waals surface area contributed by atoms with Crippen molar-refractivity contribution in [2.75, 3.05) is 0 Å². The summed E-state index contributed by atoms with van der Waals surface area (Å²) in [6.07, 6.45) is 2.59. The number of nitrogens with one attached hydrogen (secondary N) is 1. The van der Waals surface area contributed by atoms with Gasteiger partial charge in [-0.05, 0) is 22.7 Å². The number of aromatic nitrogens is 6. The minimum Gasteiger partial charge on any atom is -0.358 e. The third kappa shape index (κ3) is 2.70. The first-order valence-electron chi connectivity index (χ1n) is 8.30. The highest BCUT2D eigenvalue weighted by molar-refractivity contribution is 5.74. The van der Waals surface area contributed by atoms with Crippen LogP contribution in [0.5, 0.6) is 0 Å². The Bertz CT molecular complexity index is 1100. The van der Waals surface area contributed by atoms with Gasteiger partial charge in [0.25, 0.3) is 11.4 Å². The number of hydrogen-bond acceptors (Lipinski definition) is 6. The Labute approximate surface area is 147 Å². The second-order valence-corrected chi connectivity index (χ2v) is 5.97. The van der Waals surface area contributed by atoms with Crippen LogP contribution in [0.3, 0.4) is 0 Å². The van der Waals surface area contributed by atoms with Crippen LogP contribution in [0.2, 0.25) is 0 Å². The maximum atomic E-state index is 12.7. The monoisotopic (exact) mass is 361 g/mol. The maximum Gasteiger partial charge on any atom is 0.382 e. The Morgan fingerprint density at radius 3 is 2.38 bits per heavy atom. The van der Waals surface area contributed by atoms with E-state index in [0.29, 0.717) is 25.9 Å². The second kappa shape index (κ2) is 6.58. The molecule has 0 fully saturated rings. The van der Waals surface area contributed by atoms with Gasteiger partial charge in [-0.1, -0.05) is 13.8 Å². The normalized spacial score (nSPS) is 11.3. The van der Waals surface area contributed by atoms with Gasteiger partial charge < -0.3 is 19.7 Å². The third-order valence-corrected chi connectivity index (χ3v) is 4.02. The highest BCUT2D eigenvalue weighted by Gasteiger charge is 2.24. The summed E-state index contributed by atoms with van der Waals surface area (Å²) in [4.78, 5) is 46.8. The number of imidazole rings is 2. The average molecular weight is 361 g/mol. The SMILES string of the molecule is CCCn1c(=O)c2[nH]c(-c3nc([N+](=O)[O-])cn3C)nc2n(CCC)c1=O. The number of aryl methyl sites for hydroxylation is 2. The summed E-state index contributed by atoms with van der Waals surface area (Å²) in [7, 11) is 1.59. The molecular weight excluding hydrogens is 342 g/mol. The van der Waals surface area contributed by atoms with E-state index in [1.165, 1.54) is 19.9 Å². The number of aromatic amines is 1. The van der Waals surface area contributed by atoms with Gasteiger partial charge in [-0.25, -0.2) is 9.78 Å². The van der Waals surface area contributed by atoms with Crippen molar-refractivity contribution in [2.45, 2.75) is 39.8 Å². The van der Waals surface area contributed by atoms with Gasteiger partial charge in [0.1, 0.15) is 6.20 Å². The molecule has 1 N–H and O–H groups in total. The lowest BCUT2D eigenvalue weighted by Gasteiger charge is -2.09. The van der Waals surface area contributed by atoms with Gasteiger partial charge in [0.2, 0.25) is 5.82 Å². The van der Waals surface area contributed by atoms with Gasteiger partial charge in [-0.2, -0.15) is 0 Å². The summed E-state index contributed by atoms with van der Waals surface area (Å²) in [6.45, 7) is 4.51. The van der Waals surface area contributed by atoms with Crippen LogP contribution in [-0.2, 0) is 20.1 Å². The topological polar surface area (TPSA) is 134 Å². The number of rotatable bonds is 6. The molecule has 0 atom stereocenters. The Kier molecular flexibility index (Phi) is 4.45. The van der Waals surface area contributed by atoms with Crippen LogP contribution in [-0.4, -0.2) is 33.6 Å². The molecule has 0 saturated heterocycles. The largest absolute Gasteiger partial charge is 0.382 e. The summed E-state index contributed by atoms with van der Waals surface area (Å²) in [5, 5.41) is 10.9. The number of nitro groups is 1.